The number of rotatable bonds is 5. The molecule has 0 aliphatic carbocycles. The van der Waals surface area contributed by atoms with Crippen LogP contribution in [0.2, 0.25) is 0 Å². The predicted molar refractivity (Wildman–Crippen MR) is 136 cm³/mol. The number of pyridine rings is 3. The number of amides is 1. The molecule has 0 aliphatic heterocycles. The fourth-order valence-electron chi connectivity index (χ4n) is 4.13. The number of phenols is 1. The first-order chi connectivity index (χ1) is 18.0. The highest BCUT2D eigenvalue weighted by molar-refractivity contribution is 5.96. The van der Waals surface area contributed by atoms with Gasteiger partial charge in [-0.3, -0.25) is 19.9 Å². The van der Waals surface area contributed by atoms with E-state index in [4.69, 9.17) is 4.98 Å². The number of nitrogens with one attached hydrogen (secondary N) is 3. The summed E-state index contributed by atoms with van der Waals surface area (Å²) in [7, 11) is 0. The molecule has 1 amide bonds. The molecule has 0 spiro atoms. The van der Waals surface area contributed by atoms with Crippen LogP contribution in [0, 0.1) is 5.82 Å². The minimum atomic E-state index is -0.575. The average Bonchev–Trinajstić information content (AvgIpc) is 3.51. The molecule has 0 radical (unpaired) electrons. The number of aromatic nitrogens is 7. The minimum absolute atomic E-state index is 0.100. The van der Waals surface area contributed by atoms with Gasteiger partial charge in [0.2, 0.25) is 5.91 Å². The van der Waals surface area contributed by atoms with E-state index in [1.807, 2.05) is 12.1 Å². The molecule has 37 heavy (non-hydrogen) atoms. The summed E-state index contributed by atoms with van der Waals surface area (Å²) < 4.78 is 13.9. The number of hydrogen-bond donors (Lipinski definition) is 4. The summed E-state index contributed by atoms with van der Waals surface area (Å²) in [5.41, 5.74) is 5.26. The normalized spacial score (nSPS) is 11.3. The summed E-state index contributed by atoms with van der Waals surface area (Å²) in [6.45, 7) is 1.78. The van der Waals surface area contributed by atoms with Crippen LogP contribution in [0.15, 0.2) is 61.2 Å². The second kappa shape index (κ2) is 8.79. The Kier molecular flexibility index (Phi) is 5.29. The highest BCUT2D eigenvalue weighted by atomic mass is 19.1. The van der Waals surface area contributed by atoms with Crippen LogP contribution in [0.25, 0.3) is 56.0 Å². The van der Waals surface area contributed by atoms with Crippen LogP contribution in [0.3, 0.4) is 0 Å². The summed E-state index contributed by atoms with van der Waals surface area (Å²) >= 11 is 0. The molecule has 1 aromatic carbocycles. The lowest BCUT2D eigenvalue weighted by Crippen LogP contribution is -2.09. The van der Waals surface area contributed by atoms with E-state index in [-0.39, 0.29) is 11.7 Å². The number of aromatic amines is 2. The van der Waals surface area contributed by atoms with Crippen LogP contribution in [0.5, 0.6) is 5.75 Å². The second-order valence-corrected chi connectivity index (χ2v) is 8.40. The van der Waals surface area contributed by atoms with Crippen LogP contribution >= 0.6 is 0 Å². The molecule has 182 valence electrons. The molecule has 5 heterocycles. The van der Waals surface area contributed by atoms with Crippen molar-refractivity contribution in [1.82, 2.24) is 35.1 Å². The highest BCUT2D eigenvalue weighted by Gasteiger charge is 2.18. The number of halogens is 1. The molecule has 0 bridgehead atoms. The van der Waals surface area contributed by atoms with Crippen molar-refractivity contribution < 1.29 is 14.3 Å². The third kappa shape index (κ3) is 4.12. The quantitative estimate of drug-likeness (QED) is 0.269. The molecular formula is C26H19FN8O2. The topological polar surface area (TPSA) is 145 Å². The molecule has 0 atom stereocenters. The van der Waals surface area contributed by atoms with E-state index in [0.29, 0.717) is 51.6 Å². The maximum Gasteiger partial charge on any atom is 0.224 e. The van der Waals surface area contributed by atoms with Crippen molar-refractivity contribution in [2.75, 3.05) is 5.32 Å². The number of benzene rings is 1. The first-order valence-corrected chi connectivity index (χ1v) is 11.4. The van der Waals surface area contributed by atoms with Crippen LogP contribution in [-0.2, 0) is 4.79 Å². The van der Waals surface area contributed by atoms with E-state index in [1.54, 1.807) is 37.8 Å². The van der Waals surface area contributed by atoms with Crippen molar-refractivity contribution in [3.63, 3.8) is 0 Å². The van der Waals surface area contributed by atoms with Crippen molar-refractivity contribution in [3.05, 3.63) is 67.0 Å². The van der Waals surface area contributed by atoms with Gasteiger partial charge in [-0.05, 0) is 30.3 Å². The predicted octanol–water partition coefficient (Wildman–Crippen LogP) is 4.82. The Bertz CT molecular complexity index is 1790. The number of aromatic hydroxyl groups is 1. The van der Waals surface area contributed by atoms with Gasteiger partial charge in [0, 0.05) is 47.8 Å². The molecule has 5 aromatic heterocycles. The van der Waals surface area contributed by atoms with Crippen LogP contribution in [0.1, 0.15) is 13.3 Å². The average molecular weight is 494 g/mol. The largest absolute Gasteiger partial charge is 0.508 e. The Balaban J connectivity index is 1.43. The van der Waals surface area contributed by atoms with Crippen LogP contribution < -0.4 is 5.32 Å². The lowest BCUT2D eigenvalue weighted by molar-refractivity contribution is -0.115. The van der Waals surface area contributed by atoms with Gasteiger partial charge in [0.05, 0.1) is 28.5 Å². The Morgan fingerprint density at radius 2 is 1.89 bits per heavy atom. The summed E-state index contributed by atoms with van der Waals surface area (Å²) in [4.78, 5) is 32.8. The maximum absolute atomic E-state index is 13.9. The fourth-order valence-corrected chi connectivity index (χ4v) is 4.13. The minimum Gasteiger partial charge on any atom is -0.508 e. The third-order valence-corrected chi connectivity index (χ3v) is 5.87. The molecule has 6 aromatic rings. The molecule has 0 saturated carbocycles. The Labute approximate surface area is 208 Å². The third-order valence-electron chi connectivity index (χ3n) is 5.87. The SMILES string of the molecule is CCC(=O)Nc1cncc(-c2cnc3[nH]nc(-c4nc5c(-c6cc(O)cc(F)c6)nccc5[nH]4)c3c2)c1. The van der Waals surface area contributed by atoms with E-state index >= 15 is 0 Å². The zero-order chi connectivity index (χ0) is 25.5. The highest BCUT2D eigenvalue weighted by Crippen LogP contribution is 2.33. The lowest BCUT2D eigenvalue weighted by atomic mass is 10.1. The van der Waals surface area contributed by atoms with Gasteiger partial charge >= 0.3 is 0 Å². The van der Waals surface area contributed by atoms with E-state index < -0.39 is 5.82 Å². The van der Waals surface area contributed by atoms with Gasteiger partial charge in [-0.2, -0.15) is 5.10 Å². The molecule has 0 saturated heterocycles. The number of phenolic OH excluding ortho intramolecular Hbond substituents is 1. The van der Waals surface area contributed by atoms with Gasteiger partial charge in [-0.1, -0.05) is 6.92 Å². The molecule has 11 heteroatoms. The smallest absolute Gasteiger partial charge is 0.224 e. The monoisotopic (exact) mass is 494 g/mol. The van der Waals surface area contributed by atoms with Crippen molar-refractivity contribution >= 4 is 33.7 Å². The molecule has 10 nitrogen and oxygen atoms in total. The Hall–Kier alpha value is -5.19. The van der Waals surface area contributed by atoms with E-state index in [1.165, 1.54) is 12.1 Å². The maximum atomic E-state index is 13.9. The number of imidazole rings is 1. The van der Waals surface area contributed by atoms with E-state index in [2.05, 4.69) is 35.5 Å². The standard InChI is InChI=1S/C26H19FN8O2/c1-2-21(37)31-17-6-14(10-28-12-17)15-8-19-23(34-35-25(19)30-11-15)26-32-20-3-4-29-22(24(20)33-26)13-5-16(27)9-18(36)7-13/h3-12,36H,2H2,1H3,(H,31,37)(H,32,33)(H,30,34,35). The lowest BCUT2D eigenvalue weighted by Gasteiger charge is -2.06. The molecule has 0 unspecified atom stereocenters. The number of carbonyl (C=O) groups is 1. The van der Waals surface area contributed by atoms with Gasteiger partial charge in [0.1, 0.15) is 22.8 Å². The first-order valence-electron chi connectivity index (χ1n) is 11.4. The number of hydrogen-bond acceptors (Lipinski definition) is 7. The van der Waals surface area contributed by atoms with E-state index in [0.717, 1.165) is 22.6 Å². The second-order valence-electron chi connectivity index (χ2n) is 8.40. The number of H-pyrrole nitrogens is 2. The molecule has 0 aliphatic rings. The number of fused-ring (bicyclic) bond motifs is 2. The zero-order valence-corrected chi connectivity index (χ0v) is 19.5. The first kappa shape index (κ1) is 22.3. The number of anilines is 1. The molecular weight excluding hydrogens is 475 g/mol. The van der Waals surface area contributed by atoms with Crippen molar-refractivity contribution in [2.24, 2.45) is 0 Å². The van der Waals surface area contributed by atoms with Crippen molar-refractivity contribution in [3.8, 4) is 39.7 Å². The fraction of sp³-hybridized carbons (Fsp3) is 0.0769. The van der Waals surface area contributed by atoms with Gasteiger partial charge < -0.3 is 15.4 Å². The molecule has 4 N–H and O–H groups in total. The summed E-state index contributed by atoms with van der Waals surface area (Å²) in [5.74, 6) is -0.405. The summed E-state index contributed by atoms with van der Waals surface area (Å²) in [6, 6.07) is 9.26. The Morgan fingerprint density at radius 1 is 1.03 bits per heavy atom. The van der Waals surface area contributed by atoms with Gasteiger partial charge in [-0.15, -0.1) is 0 Å². The van der Waals surface area contributed by atoms with Gasteiger partial charge in [-0.25, -0.2) is 14.4 Å². The van der Waals surface area contributed by atoms with Gasteiger partial charge in [0.15, 0.2) is 11.5 Å². The summed E-state index contributed by atoms with van der Waals surface area (Å²) in [6.07, 6.45) is 6.93. The van der Waals surface area contributed by atoms with Gasteiger partial charge in [0.25, 0.3) is 0 Å². The van der Waals surface area contributed by atoms with Crippen LogP contribution in [0.4, 0.5) is 10.1 Å². The van der Waals surface area contributed by atoms with Crippen LogP contribution in [-0.4, -0.2) is 46.1 Å². The molecule has 0 fully saturated rings. The zero-order valence-electron chi connectivity index (χ0n) is 19.5. The summed E-state index contributed by atoms with van der Waals surface area (Å²) in [5, 5.41) is 20.7. The Morgan fingerprint density at radius 3 is 2.73 bits per heavy atom. The number of nitrogens with zero attached hydrogens (tertiary/aromatic N) is 5. The number of carbonyl (C=O) groups excluding carboxylic acids is 1. The van der Waals surface area contributed by atoms with Crippen molar-refractivity contribution in [1.29, 1.82) is 0 Å². The van der Waals surface area contributed by atoms with E-state index in [9.17, 15) is 14.3 Å². The van der Waals surface area contributed by atoms with Crippen molar-refractivity contribution in [2.45, 2.75) is 13.3 Å². The molecule has 6 rings (SSSR count).